The zero-order chi connectivity index (χ0) is 13.3. The monoisotopic (exact) mass is 324 g/mol. The minimum absolute atomic E-state index is 0.277. The van der Waals surface area contributed by atoms with Crippen LogP contribution in [0.5, 0.6) is 0 Å². The maximum Gasteiger partial charge on any atom is 0.0595 e. The van der Waals surface area contributed by atoms with E-state index < -0.39 is 0 Å². The van der Waals surface area contributed by atoms with E-state index in [2.05, 4.69) is 20.9 Å². The van der Waals surface area contributed by atoms with Crippen LogP contribution < -0.4 is 5.73 Å². The van der Waals surface area contributed by atoms with Gasteiger partial charge in [-0.3, -0.25) is 4.98 Å². The van der Waals surface area contributed by atoms with Crippen LogP contribution in [0.15, 0.2) is 34.8 Å². The van der Waals surface area contributed by atoms with Gasteiger partial charge in [0.15, 0.2) is 0 Å². The van der Waals surface area contributed by atoms with Gasteiger partial charge in [0, 0.05) is 26.4 Å². The molecule has 1 atom stereocenters. The van der Waals surface area contributed by atoms with Crippen molar-refractivity contribution in [2.75, 3.05) is 0 Å². The van der Waals surface area contributed by atoms with Crippen molar-refractivity contribution < 1.29 is 0 Å². The zero-order valence-corrected chi connectivity index (χ0v) is 12.6. The summed E-state index contributed by atoms with van der Waals surface area (Å²) >= 11 is 9.73. The summed E-state index contributed by atoms with van der Waals surface area (Å²) < 4.78 is 0.919. The third-order valence-corrected chi connectivity index (χ3v) is 3.93. The third-order valence-electron chi connectivity index (χ3n) is 2.91. The fraction of sp³-hybridized carbons (Fsp3) is 0.214. The molecule has 0 aliphatic rings. The van der Waals surface area contributed by atoms with E-state index in [1.807, 2.05) is 44.2 Å². The van der Waals surface area contributed by atoms with E-state index in [0.717, 1.165) is 27.0 Å². The molecule has 1 heterocycles. The van der Waals surface area contributed by atoms with Crippen molar-refractivity contribution >= 4 is 27.5 Å². The van der Waals surface area contributed by atoms with Gasteiger partial charge in [0.1, 0.15) is 0 Å². The summed E-state index contributed by atoms with van der Waals surface area (Å²) in [6.45, 7) is 3.93. The summed E-state index contributed by atoms with van der Waals surface area (Å²) in [5, 5.41) is 0.664. The van der Waals surface area contributed by atoms with Crippen molar-refractivity contribution in [2.24, 2.45) is 5.73 Å². The zero-order valence-electron chi connectivity index (χ0n) is 10.2. The van der Waals surface area contributed by atoms with E-state index in [9.17, 15) is 0 Å². The van der Waals surface area contributed by atoms with Crippen molar-refractivity contribution in [2.45, 2.75) is 19.9 Å². The van der Waals surface area contributed by atoms with Crippen LogP contribution in [0.2, 0.25) is 5.02 Å². The van der Waals surface area contributed by atoms with Crippen LogP contribution in [0.1, 0.15) is 28.6 Å². The first-order chi connectivity index (χ1) is 8.50. The molecule has 1 unspecified atom stereocenters. The molecule has 0 spiro atoms. The summed E-state index contributed by atoms with van der Waals surface area (Å²) in [5.41, 5.74) is 10.1. The lowest BCUT2D eigenvalue weighted by atomic mass is 9.98. The summed E-state index contributed by atoms with van der Waals surface area (Å²) in [6, 6.07) is 9.38. The predicted octanol–water partition coefficient (Wildman–Crippen LogP) is 4.16. The van der Waals surface area contributed by atoms with Crippen molar-refractivity contribution in [1.29, 1.82) is 0 Å². The van der Waals surface area contributed by atoms with E-state index in [1.165, 1.54) is 0 Å². The normalized spacial score (nSPS) is 12.5. The highest BCUT2D eigenvalue weighted by molar-refractivity contribution is 9.10. The van der Waals surface area contributed by atoms with Crippen LogP contribution in [0.25, 0.3) is 0 Å². The van der Waals surface area contributed by atoms with Gasteiger partial charge in [0.2, 0.25) is 0 Å². The quantitative estimate of drug-likeness (QED) is 0.900. The number of aryl methyl sites for hydroxylation is 2. The Labute approximate surface area is 120 Å². The van der Waals surface area contributed by atoms with Crippen molar-refractivity contribution in [3.05, 3.63) is 62.3 Å². The van der Waals surface area contributed by atoms with Gasteiger partial charge >= 0.3 is 0 Å². The molecule has 0 aliphatic heterocycles. The summed E-state index contributed by atoms with van der Waals surface area (Å²) in [6.07, 6.45) is 0. The number of halogens is 2. The lowest BCUT2D eigenvalue weighted by molar-refractivity contribution is 0.840. The standard InChI is InChI=1S/C14H14BrClN2/c1-8-6-7-10(9(2)18-8)14(17)13-11(15)4-3-5-12(13)16/h3-7,14H,17H2,1-2H3. The average Bonchev–Trinajstić information content (AvgIpc) is 2.28. The molecule has 0 aliphatic carbocycles. The predicted molar refractivity (Wildman–Crippen MR) is 78.9 cm³/mol. The van der Waals surface area contributed by atoms with Crippen molar-refractivity contribution in [3.8, 4) is 0 Å². The minimum Gasteiger partial charge on any atom is -0.320 e. The van der Waals surface area contributed by atoms with Crippen LogP contribution in [-0.2, 0) is 0 Å². The van der Waals surface area contributed by atoms with Crippen molar-refractivity contribution in [1.82, 2.24) is 4.98 Å². The second-order valence-electron chi connectivity index (χ2n) is 4.24. The smallest absolute Gasteiger partial charge is 0.0595 e. The molecule has 0 saturated carbocycles. The van der Waals surface area contributed by atoms with E-state index in [4.69, 9.17) is 17.3 Å². The number of aromatic nitrogens is 1. The Morgan fingerprint density at radius 2 is 1.94 bits per heavy atom. The molecule has 0 amide bonds. The van der Waals surface area contributed by atoms with Crippen LogP contribution in [0.4, 0.5) is 0 Å². The largest absolute Gasteiger partial charge is 0.320 e. The first kappa shape index (κ1) is 13.5. The Kier molecular flexibility index (Phi) is 4.05. The first-order valence-electron chi connectivity index (χ1n) is 5.64. The molecule has 2 aromatic rings. The maximum atomic E-state index is 6.31. The average molecular weight is 326 g/mol. The van der Waals surface area contributed by atoms with Gasteiger partial charge in [-0.25, -0.2) is 0 Å². The lowest BCUT2D eigenvalue weighted by Crippen LogP contribution is -2.15. The number of rotatable bonds is 2. The molecule has 0 radical (unpaired) electrons. The number of benzene rings is 1. The second-order valence-corrected chi connectivity index (χ2v) is 5.50. The highest BCUT2D eigenvalue weighted by atomic mass is 79.9. The Morgan fingerprint density at radius 3 is 2.56 bits per heavy atom. The summed E-state index contributed by atoms with van der Waals surface area (Å²) in [5.74, 6) is 0. The van der Waals surface area contributed by atoms with Gasteiger partial charge in [-0.2, -0.15) is 0 Å². The lowest BCUT2D eigenvalue weighted by Gasteiger charge is -2.17. The van der Waals surface area contributed by atoms with Crippen LogP contribution in [-0.4, -0.2) is 4.98 Å². The SMILES string of the molecule is Cc1ccc(C(N)c2c(Cl)cccc2Br)c(C)n1. The van der Waals surface area contributed by atoms with Gasteiger partial charge in [0.25, 0.3) is 0 Å². The highest BCUT2D eigenvalue weighted by Gasteiger charge is 2.17. The van der Waals surface area contributed by atoms with Crippen LogP contribution >= 0.6 is 27.5 Å². The van der Waals surface area contributed by atoms with Crippen LogP contribution in [0.3, 0.4) is 0 Å². The summed E-state index contributed by atoms with van der Waals surface area (Å²) in [7, 11) is 0. The topological polar surface area (TPSA) is 38.9 Å². The number of hydrogen-bond donors (Lipinski definition) is 1. The Morgan fingerprint density at radius 1 is 1.22 bits per heavy atom. The van der Waals surface area contributed by atoms with E-state index in [0.29, 0.717) is 5.02 Å². The molecule has 94 valence electrons. The Bertz CT molecular complexity index is 564. The molecular weight excluding hydrogens is 312 g/mol. The molecule has 0 fully saturated rings. The Balaban J connectivity index is 2.51. The van der Waals surface area contributed by atoms with E-state index in [-0.39, 0.29) is 6.04 Å². The number of hydrogen-bond acceptors (Lipinski definition) is 2. The molecule has 0 bridgehead atoms. The van der Waals surface area contributed by atoms with Crippen molar-refractivity contribution in [3.63, 3.8) is 0 Å². The van der Waals surface area contributed by atoms with E-state index in [1.54, 1.807) is 0 Å². The molecule has 1 aromatic carbocycles. The van der Waals surface area contributed by atoms with Crippen LogP contribution in [0, 0.1) is 13.8 Å². The number of nitrogens with zero attached hydrogens (tertiary/aromatic N) is 1. The van der Waals surface area contributed by atoms with E-state index >= 15 is 0 Å². The maximum absolute atomic E-state index is 6.31. The fourth-order valence-corrected chi connectivity index (χ4v) is 3.01. The molecular formula is C14H14BrClN2. The van der Waals surface area contributed by atoms with Gasteiger partial charge < -0.3 is 5.73 Å². The molecule has 2 rings (SSSR count). The van der Waals surface area contributed by atoms with Gasteiger partial charge in [0.05, 0.1) is 6.04 Å². The number of nitrogens with two attached hydrogens (primary N) is 1. The molecule has 2 nitrogen and oxygen atoms in total. The number of pyridine rings is 1. The molecule has 0 saturated heterocycles. The molecule has 1 aromatic heterocycles. The van der Waals surface area contributed by atoms with Gasteiger partial charge in [-0.1, -0.05) is 39.7 Å². The summed E-state index contributed by atoms with van der Waals surface area (Å²) in [4.78, 5) is 4.44. The molecule has 2 N–H and O–H groups in total. The van der Waals surface area contributed by atoms with Gasteiger partial charge in [-0.05, 0) is 37.6 Å². The molecule has 4 heteroatoms. The minimum atomic E-state index is -0.277. The Hall–Kier alpha value is -0.900. The highest BCUT2D eigenvalue weighted by Crippen LogP contribution is 2.33. The fourth-order valence-electron chi connectivity index (χ4n) is 1.99. The first-order valence-corrected chi connectivity index (χ1v) is 6.81. The third kappa shape index (κ3) is 2.58. The molecule has 18 heavy (non-hydrogen) atoms. The van der Waals surface area contributed by atoms with Gasteiger partial charge in [-0.15, -0.1) is 0 Å². The second kappa shape index (κ2) is 5.39.